The summed E-state index contributed by atoms with van der Waals surface area (Å²) >= 11 is 0. The third-order valence-corrected chi connectivity index (χ3v) is 3.14. The first kappa shape index (κ1) is 11.7. The molecule has 19 heavy (non-hydrogen) atoms. The molecule has 1 heterocycles. The summed E-state index contributed by atoms with van der Waals surface area (Å²) in [5.74, 6) is 0. The van der Waals surface area contributed by atoms with Gasteiger partial charge < -0.3 is 11.5 Å². The van der Waals surface area contributed by atoms with Crippen molar-refractivity contribution in [2.24, 2.45) is 5.73 Å². The average Bonchev–Trinajstić information content (AvgIpc) is 2.90. The Kier molecular flexibility index (Phi) is 2.89. The van der Waals surface area contributed by atoms with E-state index in [0.717, 1.165) is 34.6 Å². The van der Waals surface area contributed by atoms with Crippen LogP contribution in [0.1, 0.15) is 12.1 Å². The predicted molar refractivity (Wildman–Crippen MR) is 75.9 cm³/mol. The molecule has 0 saturated carbocycles. The highest BCUT2D eigenvalue weighted by Gasteiger charge is 2.15. The fraction of sp³-hybridized carbons (Fsp3) is 0.143. The fourth-order valence-corrected chi connectivity index (χ4v) is 2.09. The van der Waals surface area contributed by atoms with Gasteiger partial charge in [-0.2, -0.15) is 15.4 Å². The monoisotopic (exact) mass is 253 g/mol. The Hall–Kier alpha value is -2.40. The summed E-state index contributed by atoms with van der Waals surface area (Å²) in [6.07, 6.45) is 6.88. The van der Waals surface area contributed by atoms with Gasteiger partial charge in [-0.25, -0.2) is 0 Å². The van der Waals surface area contributed by atoms with Crippen molar-refractivity contribution in [1.29, 1.82) is 0 Å². The molecule has 3 rings (SSSR count). The van der Waals surface area contributed by atoms with E-state index in [9.17, 15) is 0 Å². The molecule has 1 aliphatic carbocycles. The smallest absolute Gasteiger partial charge is 0.120 e. The lowest BCUT2D eigenvalue weighted by atomic mass is 9.98. The standard InChI is InChI=1S/C14H15N5/c15-11-5-1-9(2-6-11)13-14(18-19-17-13)10-3-7-12(16)8-4-10/h1-7,12H,8,15-16H2,(H,17,18,19). The molecule has 1 atom stereocenters. The number of benzene rings is 1. The van der Waals surface area contributed by atoms with E-state index in [4.69, 9.17) is 11.5 Å². The molecule has 5 N–H and O–H groups in total. The molecule has 5 nitrogen and oxygen atoms in total. The van der Waals surface area contributed by atoms with Crippen LogP contribution in [0.3, 0.4) is 0 Å². The second-order valence-electron chi connectivity index (χ2n) is 4.56. The number of H-pyrrole nitrogens is 1. The number of nitrogens with zero attached hydrogens (tertiary/aromatic N) is 2. The second-order valence-corrected chi connectivity index (χ2v) is 4.56. The van der Waals surface area contributed by atoms with Crippen molar-refractivity contribution in [1.82, 2.24) is 15.4 Å². The van der Waals surface area contributed by atoms with Gasteiger partial charge in [-0.05, 0) is 18.6 Å². The number of hydrogen-bond donors (Lipinski definition) is 3. The van der Waals surface area contributed by atoms with Crippen LogP contribution >= 0.6 is 0 Å². The summed E-state index contributed by atoms with van der Waals surface area (Å²) < 4.78 is 0. The molecule has 0 saturated heterocycles. The summed E-state index contributed by atoms with van der Waals surface area (Å²) in [4.78, 5) is 0. The maximum Gasteiger partial charge on any atom is 0.120 e. The molecule has 5 heteroatoms. The molecule has 1 unspecified atom stereocenters. The van der Waals surface area contributed by atoms with Gasteiger partial charge in [0.25, 0.3) is 0 Å². The van der Waals surface area contributed by atoms with Crippen LogP contribution in [0.15, 0.2) is 42.5 Å². The van der Waals surface area contributed by atoms with Crippen LogP contribution in [-0.4, -0.2) is 21.5 Å². The minimum atomic E-state index is 0.0932. The van der Waals surface area contributed by atoms with Gasteiger partial charge in [0.2, 0.25) is 0 Å². The molecule has 0 fully saturated rings. The van der Waals surface area contributed by atoms with Crippen molar-refractivity contribution < 1.29 is 0 Å². The lowest BCUT2D eigenvalue weighted by Crippen LogP contribution is -2.17. The number of nitrogens with one attached hydrogen (secondary N) is 1. The minimum absolute atomic E-state index is 0.0932. The SMILES string of the molecule is Nc1ccc(-c2n[nH]nc2C2=CCC(N)C=C2)cc1. The zero-order valence-electron chi connectivity index (χ0n) is 10.4. The Labute approximate surface area is 111 Å². The Morgan fingerprint density at radius 3 is 2.53 bits per heavy atom. The van der Waals surface area contributed by atoms with Crippen LogP contribution in [0.4, 0.5) is 5.69 Å². The third kappa shape index (κ3) is 2.28. The van der Waals surface area contributed by atoms with Crippen LogP contribution in [0.2, 0.25) is 0 Å². The molecule has 0 aliphatic heterocycles. The maximum absolute atomic E-state index is 5.83. The highest BCUT2D eigenvalue weighted by atomic mass is 15.3. The Bertz CT molecular complexity index is 636. The van der Waals surface area contributed by atoms with E-state index in [-0.39, 0.29) is 6.04 Å². The van der Waals surface area contributed by atoms with Crippen LogP contribution in [0.5, 0.6) is 0 Å². The zero-order chi connectivity index (χ0) is 13.2. The molecule has 1 aliphatic rings. The van der Waals surface area contributed by atoms with Crippen molar-refractivity contribution in [3.05, 3.63) is 48.2 Å². The van der Waals surface area contributed by atoms with Gasteiger partial charge in [-0.1, -0.05) is 30.4 Å². The summed E-state index contributed by atoms with van der Waals surface area (Å²) in [6.45, 7) is 0. The Morgan fingerprint density at radius 1 is 1.11 bits per heavy atom. The molecule has 1 aromatic carbocycles. The van der Waals surface area contributed by atoms with Crippen LogP contribution in [0, 0.1) is 0 Å². The van der Waals surface area contributed by atoms with Crippen molar-refractivity contribution in [2.75, 3.05) is 5.73 Å². The van der Waals surface area contributed by atoms with Gasteiger partial charge in [0.1, 0.15) is 11.4 Å². The largest absolute Gasteiger partial charge is 0.399 e. The number of aromatic nitrogens is 3. The average molecular weight is 253 g/mol. The normalized spacial score (nSPS) is 18.4. The van der Waals surface area contributed by atoms with Gasteiger partial charge in [0.15, 0.2) is 0 Å². The van der Waals surface area contributed by atoms with E-state index in [2.05, 4.69) is 21.5 Å². The molecule has 0 radical (unpaired) electrons. The van der Waals surface area contributed by atoms with E-state index in [0.29, 0.717) is 0 Å². The molecule has 0 amide bonds. The molecular formula is C14H15N5. The minimum Gasteiger partial charge on any atom is -0.399 e. The quantitative estimate of drug-likeness (QED) is 0.710. The first-order valence-electron chi connectivity index (χ1n) is 6.15. The topological polar surface area (TPSA) is 93.6 Å². The van der Waals surface area contributed by atoms with E-state index < -0.39 is 0 Å². The van der Waals surface area contributed by atoms with E-state index in [1.54, 1.807) is 0 Å². The van der Waals surface area contributed by atoms with E-state index in [1.165, 1.54) is 0 Å². The number of rotatable bonds is 2. The van der Waals surface area contributed by atoms with Crippen molar-refractivity contribution >= 4 is 11.3 Å². The van der Waals surface area contributed by atoms with E-state index in [1.807, 2.05) is 36.4 Å². The van der Waals surface area contributed by atoms with Gasteiger partial charge in [0.05, 0.1) is 0 Å². The number of nitrogen functional groups attached to an aromatic ring is 1. The van der Waals surface area contributed by atoms with Crippen LogP contribution in [0.25, 0.3) is 16.8 Å². The summed E-state index contributed by atoms with van der Waals surface area (Å²) in [7, 11) is 0. The fourth-order valence-electron chi connectivity index (χ4n) is 2.09. The van der Waals surface area contributed by atoms with Crippen molar-refractivity contribution in [3.8, 4) is 11.3 Å². The summed E-state index contributed by atoms with van der Waals surface area (Å²) in [5, 5.41) is 11.1. The second kappa shape index (κ2) is 4.70. The molecule has 0 spiro atoms. The molecule has 1 aromatic heterocycles. The Morgan fingerprint density at radius 2 is 1.84 bits per heavy atom. The van der Waals surface area contributed by atoms with E-state index >= 15 is 0 Å². The van der Waals surface area contributed by atoms with Crippen LogP contribution < -0.4 is 11.5 Å². The number of anilines is 1. The summed E-state index contributed by atoms with van der Waals surface area (Å²) in [5.41, 5.74) is 16.0. The predicted octanol–water partition coefficient (Wildman–Crippen LogP) is 1.72. The van der Waals surface area contributed by atoms with Gasteiger partial charge in [-0.3, -0.25) is 0 Å². The van der Waals surface area contributed by atoms with Crippen molar-refractivity contribution in [3.63, 3.8) is 0 Å². The van der Waals surface area contributed by atoms with Crippen molar-refractivity contribution in [2.45, 2.75) is 12.5 Å². The molecular weight excluding hydrogens is 238 g/mol. The van der Waals surface area contributed by atoms with Gasteiger partial charge >= 0.3 is 0 Å². The highest BCUT2D eigenvalue weighted by Crippen LogP contribution is 2.28. The first-order valence-corrected chi connectivity index (χ1v) is 6.15. The maximum atomic E-state index is 5.83. The molecule has 2 aromatic rings. The highest BCUT2D eigenvalue weighted by molar-refractivity contribution is 5.82. The summed E-state index contributed by atoms with van der Waals surface area (Å²) in [6, 6.07) is 7.69. The van der Waals surface area contributed by atoms with Gasteiger partial charge in [-0.15, -0.1) is 0 Å². The lowest BCUT2D eigenvalue weighted by Gasteiger charge is -2.10. The first-order chi connectivity index (χ1) is 9.24. The Balaban J connectivity index is 1.99. The molecule has 0 bridgehead atoms. The number of allylic oxidation sites excluding steroid dienone is 2. The zero-order valence-corrected chi connectivity index (χ0v) is 10.4. The third-order valence-electron chi connectivity index (χ3n) is 3.14. The van der Waals surface area contributed by atoms with Crippen LogP contribution in [-0.2, 0) is 0 Å². The number of aromatic amines is 1. The van der Waals surface area contributed by atoms with Gasteiger partial charge in [0, 0.05) is 22.9 Å². The molecule has 96 valence electrons. The number of hydrogen-bond acceptors (Lipinski definition) is 4. The lowest BCUT2D eigenvalue weighted by molar-refractivity contribution is 0.827. The number of nitrogens with two attached hydrogens (primary N) is 2.